The van der Waals surface area contributed by atoms with E-state index in [0.29, 0.717) is 28.1 Å². The minimum absolute atomic E-state index is 0.00167. The third kappa shape index (κ3) is 2.91. The first-order chi connectivity index (χ1) is 14.1. The smallest absolute Gasteiger partial charge is 0.336 e. The van der Waals surface area contributed by atoms with Gasteiger partial charge in [-0.05, 0) is 36.4 Å². The maximum absolute atomic E-state index is 13.6. The summed E-state index contributed by atoms with van der Waals surface area (Å²) in [7, 11) is 0. The summed E-state index contributed by atoms with van der Waals surface area (Å²) < 4.78 is 19.1. The molecule has 140 valence electrons. The summed E-state index contributed by atoms with van der Waals surface area (Å²) >= 11 is 0. The summed E-state index contributed by atoms with van der Waals surface area (Å²) in [6.07, 6.45) is 0. The van der Waals surface area contributed by atoms with E-state index < -0.39 is 11.8 Å². The van der Waals surface area contributed by atoms with Gasteiger partial charge in [0.15, 0.2) is 5.76 Å². The van der Waals surface area contributed by atoms with E-state index in [2.05, 4.69) is 10.1 Å². The normalized spacial score (nSPS) is 11.2. The fourth-order valence-corrected chi connectivity index (χ4v) is 3.42. The summed E-state index contributed by atoms with van der Waals surface area (Å²) in [6.45, 7) is 0. The second-order valence-electron chi connectivity index (χ2n) is 6.63. The van der Waals surface area contributed by atoms with Gasteiger partial charge in [0, 0.05) is 16.5 Å². The zero-order valence-electron chi connectivity index (χ0n) is 15.0. The first-order valence-corrected chi connectivity index (χ1v) is 8.89. The van der Waals surface area contributed by atoms with Gasteiger partial charge < -0.3 is 9.63 Å². The molecule has 0 aliphatic carbocycles. The lowest BCUT2D eigenvalue weighted by Gasteiger charge is -2.08. The highest BCUT2D eigenvalue weighted by Gasteiger charge is 2.16. The Balaban J connectivity index is 1.72. The number of carboxylic acid groups (broad SMARTS) is 1. The molecular weight excluding hydrogens is 371 g/mol. The second kappa shape index (κ2) is 6.53. The molecule has 0 bridgehead atoms. The number of fused-ring (bicyclic) bond motifs is 2. The highest BCUT2D eigenvalue weighted by molar-refractivity contribution is 6.04. The van der Waals surface area contributed by atoms with Crippen molar-refractivity contribution in [3.05, 3.63) is 84.2 Å². The average Bonchev–Trinajstić information content (AvgIpc) is 3.16. The van der Waals surface area contributed by atoms with Gasteiger partial charge in [0.25, 0.3) is 0 Å². The van der Waals surface area contributed by atoms with Crippen LogP contribution in [-0.4, -0.2) is 21.2 Å². The standard InChI is InChI=1S/C23H13FN2O3/c24-15-7-9-19-16(11-15)17(23(27)28)12-21(25-19)14-6-8-20-18(10-14)22(29-26-20)13-4-2-1-3-5-13/h1-12H,(H,27,28). The molecule has 2 aromatic heterocycles. The molecular formula is C23H13FN2O3. The minimum atomic E-state index is -1.14. The lowest BCUT2D eigenvalue weighted by molar-refractivity contribution is 0.0699. The van der Waals surface area contributed by atoms with Crippen LogP contribution in [0.5, 0.6) is 0 Å². The van der Waals surface area contributed by atoms with Crippen LogP contribution in [0.15, 0.2) is 77.3 Å². The maximum Gasteiger partial charge on any atom is 0.336 e. The highest BCUT2D eigenvalue weighted by Crippen LogP contribution is 2.33. The Morgan fingerprint density at radius 3 is 2.45 bits per heavy atom. The van der Waals surface area contributed by atoms with Gasteiger partial charge in [-0.2, -0.15) is 0 Å². The number of aromatic carboxylic acids is 1. The van der Waals surface area contributed by atoms with Gasteiger partial charge >= 0.3 is 5.97 Å². The van der Waals surface area contributed by atoms with Gasteiger partial charge in [-0.1, -0.05) is 41.6 Å². The summed E-state index contributed by atoms with van der Waals surface area (Å²) in [5.74, 6) is -1.02. The molecule has 0 saturated carbocycles. The molecule has 5 aromatic rings. The van der Waals surface area contributed by atoms with Crippen LogP contribution in [0.2, 0.25) is 0 Å². The van der Waals surface area contributed by atoms with E-state index >= 15 is 0 Å². The lowest BCUT2D eigenvalue weighted by atomic mass is 10.0. The molecule has 0 spiro atoms. The van der Waals surface area contributed by atoms with Crippen molar-refractivity contribution in [1.29, 1.82) is 0 Å². The van der Waals surface area contributed by atoms with Crippen molar-refractivity contribution in [2.75, 3.05) is 0 Å². The molecule has 0 atom stereocenters. The number of hydrogen-bond acceptors (Lipinski definition) is 4. The Morgan fingerprint density at radius 2 is 1.66 bits per heavy atom. The van der Waals surface area contributed by atoms with Gasteiger partial charge in [0.1, 0.15) is 11.3 Å². The number of carboxylic acids is 1. The van der Waals surface area contributed by atoms with Crippen LogP contribution in [0.25, 0.3) is 44.4 Å². The molecule has 0 saturated heterocycles. The van der Waals surface area contributed by atoms with E-state index in [1.807, 2.05) is 42.5 Å². The molecule has 5 nitrogen and oxygen atoms in total. The Kier molecular flexibility index (Phi) is 3.84. The fourth-order valence-electron chi connectivity index (χ4n) is 3.42. The summed E-state index contributed by atoms with van der Waals surface area (Å²) in [5, 5.41) is 14.8. The van der Waals surface area contributed by atoms with E-state index in [1.54, 1.807) is 6.07 Å². The van der Waals surface area contributed by atoms with Gasteiger partial charge in [-0.3, -0.25) is 0 Å². The molecule has 3 aromatic carbocycles. The van der Waals surface area contributed by atoms with E-state index in [1.165, 1.54) is 24.3 Å². The number of carbonyl (C=O) groups is 1. The van der Waals surface area contributed by atoms with Crippen molar-refractivity contribution >= 4 is 27.8 Å². The molecule has 0 amide bonds. The third-order valence-corrected chi connectivity index (χ3v) is 4.81. The number of aromatic nitrogens is 2. The fraction of sp³-hybridized carbons (Fsp3) is 0. The Morgan fingerprint density at radius 1 is 0.862 bits per heavy atom. The van der Waals surface area contributed by atoms with Crippen molar-refractivity contribution in [3.63, 3.8) is 0 Å². The number of benzene rings is 3. The van der Waals surface area contributed by atoms with Crippen LogP contribution in [0.3, 0.4) is 0 Å². The molecule has 0 aliphatic heterocycles. The predicted molar refractivity (Wildman–Crippen MR) is 107 cm³/mol. The summed E-state index contributed by atoms with van der Waals surface area (Å²) in [5.41, 5.74) is 3.18. The largest absolute Gasteiger partial charge is 0.478 e. The van der Waals surface area contributed by atoms with Gasteiger partial charge in [-0.25, -0.2) is 14.2 Å². The van der Waals surface area contributed by atoms with E-state index in [0.717, 1.165) is 10.9 Å². The van der Waals surface area contributed by atoms with E-state index in [4.69, 9.17) is 4.52 Å². The Hall–Kier alpha value is -4.06. The van der Waals surface area contributed by atoms with Crippen molar-refractivity contribution in [2.24, 2.45) is 0 Å². The maximum atomic E-state index is 13.6. The van der Waals surface area contributed by atoms with E-state index in [9.17, 15) is 14.3 Å². The number of halogens is 1. The van der Waals surface area contributed by atoms with Crippen molar-refractivity contribution in [3.8, 4) is 22.6 Å². The first kappa shape index (κ1) is 17.1. The molecule has 29 heavy (non-hydrogen) atoms. The zero-order valence-corrected chi connectivity index (χ0v) is 15.0. The second-order valence-corrected chi connectivity index (χ2v) is 6.63. The topological polar surface area (TPSA) is 76.2 Å². The van der Waals surface area contributed by atoms with Crippen molar-refractivity contribution < 1.29 is 18.8 Å². The molecule has 0 radical (unpaired) electrons. The monoisotopic (exact) mass is 384 g/mol. The molecule has 0 aliphatic rings. The molecule has 5 rings (SSSR count). The number of rotatable bonds is 3. The Bertz CT molecular complexity index is 1390. The molecule has 1 N–H and O–H groups in total. The van der Waals surface area contributed by atoms with Crippen molar-refractivity contribution in [2.45, 2.75) is 0 Å². The SMILES string of the molecule is O=C(O)c1cc(-c2ccc3noc(-c4ccccc4)c3c2)nc2ccc(F)cc12. The Labute approximate surface area is 164 Å². The molecule has 6 heteroatoms. The van der Waals surface area contributed by atoms with E-state index in [-0.39, 0.29) is 10.9 Å². The predicted octanol–water partition coefficient (Wildman–Crippen LogP) is 5.55. The van der Waals surface area contributed by atoms with Crippen molar-refractivity contribution in [1.82, 2.24) is 10.1 Å². The van der Waals surface area contributed by atoms with Crippen LogP contribution in [-0.2, 0) is 0 Å². The van der Waals surface area contributed by atoms with Crippen LogP contribution in [0.4, 0.5) is 4.39 Å². The number of nitrogens with zero attached hydrogens (tertiary/aromatic N) is 2. The van der Waals surface area contributed by atoms with Crippen LogP contribution >= 0.6 is 0 Å². The average molecular weight is 384 g/mol. The first-order valence-electron chi connectivity index (χ1n) is 8.89. The lowest BCUT2D eigenvalue weighted by Crippen LogP contribution is -2.00. The third-order valence-electron chi connectivity index (χ3n) is 4.81. The quantitative estimate of drug-likeness (QED) is 0.441. The van der Waals surface area contributed by atoms with Gasteiger partial charge in [0.05, 0.1) is 22.2 Å². The van der Waals surface area contributed by atoms with Crippen LogP contribution in [0.1, 0.15) is 10.4 Å². The minimum Gasteiger partial charge on any atom is -0.478 e. The number of pyridine rings is 1. The highest BCUT2D eigenvalue weighted by atomic mass is 19.1. The molecule has 0 unspecified atom stereocenters. The van der Waals surface area contributed by atoms with Gasteiger partial charge in [-0.15, -0.1) is 0 Å². The number of hydrogen-bond donors (Lipinski definition) is 1. The van der Waals surface area contributed by atoms with Crippen LogP contribution in [0, 0.1) is 5.82 Å². The summed E-state index contributed by atoms with van der Waals surface area (Å²) in [4.78, 5) is 16.3. The van der Waals surface area contributed by atoms with Gasteiger partial charge in [0.2, 0.25) is 0 Å². The molecule has 0 fully saturated rings. The molecule has 2 heterocycles. The zero-order chi connectivity index (χ0) is 20.0. The van der Waals surface area contributed by atoms with Crippen LogP contribution < -0.4 is 0 Å². The summed E-state index contributed by atoms with van der Waals surface area (Å²) in [6, 6.07) is 20.5.